The van der Waals surface area contributed by atoms with Crippen LogP contribution >= 0.6 is 0 Å². The number of para-hydroxylation sites is 3. The molecule has 2 aromatic carbocycles. The van der Waals surface area contributed by atoms with E-state index >= 15 is 0 Å². The average molecular weight is 489 g/mol. The summed E-state index contributed by atoms with van der Waals surface area (Å²) < 4.78 is 7.87. The molecule has 10 nitrogen and oxygen atoms in total. The highest BCUT2D eigenvalue weighted by molar-refractivity contribution is 5.91. The summed E-state index contributed by atoms with van der Waals surface area (Å²) in [5.41, 5.74) is 2.86. The molecule has 0 saturated carbocycles. The third-order valence-corrected chi connectivity index (χ3v) is 6.52. The second kappa shape index (κ2) is 9.80. The Hall–Kier alpha value is -4.21. The van der Waals surface area contributed by atoms with E-state index in [1.54, 1.807) is 6.92 Å². The van der Waals surface area contributed by atoms with E-state index in [1.807, 2.05) is 60.4 Å². The van der Waals surface area contributed by atoms with E-state index in [1.165, 1.54) is 9.08 Å². The van der Waals surface area contributed by atoms with Crippen molar-refractivity contribution in [3.8, 4) is 0 Å². The topological polar surface area (TPSA) is 111 Å². The van der Waals surface area contributed by atoms with Crippen LogP contribution in [0.1, 0.15) is 25.3 Å². The Morgan fingerprint density at radius 2 is 1.81 bits per heavy atom. The molecule has 186 valence electrons. The highest BCUT2D eigenvalue weighted by Gasteiger charge is 2.29. The van der Waals surface area contributed by atoms with Crippen molar-refractivity contribution in [3.05, 3.63) is 64.6 Å². The number of fused-ring (bicyclic) bond motifs is 3. The van der Waals surface area contributed by atoms with Crippen molar-refractivity contribution in [1.82, 2.24) is 19.2 Å². The van der Waals surface area contributed by atoms with Gasteiger partial charge >= 0.3 is 11.7 Å². The van der Waals surface area contributed by atoms with Crippen molar-refractivity contribution in [3.63, 3.8) is 0 Å². The van der Waals surface area contributed by atoms with Crippen LogP contribution in [0, 0.1) is 12.8 Å². The van der Waals surface area contributed by atoms with Gasteiger partial charge in [0.25, 0.3) is 0 Å². The van der Waals surface area contributed by atoms with Gasteiger partial charge in [-0.1, -0.05) is 30.3 Å². The normalized spacial score (nSPS) is 14.3. The molecular formula is C26H28N6O4. The zero-order valence-corrected chi connectivity index (χ0v) is 20.3. The first-order chi connectivity index (χ1) is 17.5. The van der Waals surface area contributed by atoms with Crippen LogP contribution in [0.5, 0.6) is 0 Å². The molecule has 1 aliphatic heterocycles. The number of nitrogens with one attached hydrogen (secondary N) is 1. The van der Waals surface area contributed by atoms with Crippen molar-refractivity contribution in [2.24, 2.45) is 5.92 Å². The Morgan fingerprint density at radius 1 is 1.08 bits per heavy atom. The molecule has 0 radical (unpaired) electrons. The number of carbonyl (C=O) groups excluding carboxylic acids is 2. The number of benzene rings is 2. The van der Waals surface area contributed by atoms with Gasteiger partial charge in [-0.2, -0.15) is 0 Å². The fraction of sp³-hybridized carbons (Fsp3) is 0.346. The van der Waals surface area contributed by atoms with E-state index in [9.17, 15) is 14.4 Å². The van der Waals surface area contributed by atoms with E-state index < -0.39 is 5.69 Å². The summed E-state index contributed by atoms with van der Waals surface area (Å²) in [5, 5.41) is 7.39. The number of amides is 1. The largest absolute Gasteiger partial charge is 0.466 e. The number of piperidine rings is 1. The lowest BCUT2D eigenvalue weighted by atomic mass is 9.97. The molecule has 4 aromatic rings. The molecule has 1 saturated heterocycles. The van der Waals surface area contributed by atoms with Crippen LogP contribution in [0.25, 0.3) is 16.7 Å². The first-order valence-corrected chi connectivity index (χ1v) is 12.1. The number of aromatic nitrogens is 4. The highest BCUT2D eigenvalue weighted by atomic mass is 16.5. The fourth-order valence-corrected chi connectivity index (χ4v) is 4.62. The Bertz CT molecular complexity index is 1500. The van der Waals surface area contributed by atoms with Crippen LogP contribution in [0.4, 0.5) is 11.5 Å². The zero-order valence-electron chi connectivity index (χ0n) is 20.3. The summed E-state index contributed by atoms with van der Waals surface area (Å²) in [7, 11) is 0. The molecule has 2 aromatic heterocycles. The standard InChI is InChI=1S/C26H28N6O4/c1-3-36-25(34)18-12-14-30(15-13-18)23-24-29-31(16-22(33)27-19-9-5-4-8-17(19)2)26(35)32(24)21-11-7-6-10-20(21)28-23/h4-11,18H,3,12-16H2,1-2H3,(H,27,33). The number of aryl methyl sites for hydroxylation is 1. The maximum atomic E-state index is 13.4. The Morgan fingerprint density at radius 3 is 2.56 bits per heavy atom. The average Bonchev–Trinajstić information content (AvgIpc) is 3.21. The minimum absolute atomic E-state index is 0.150. The van der Waals surface area contributed by atoms with E-state index in [2.05, 4.69) is 10.4 Å². The summed E-state index contributed by atoms with van der Waals surface area (Å²) in [4.78, 5) is 45.2. The van der Waals surface area contributed by atoms with Crippen molar-refractivity contribution in [1.29, 1.82) is 0 Å². The molecule has 1 aliphatic rings. The minimum atomic E-state index is -0.411. The molecule has 0 bridgehead atoms. The SMILES string of the molecule is CCOC(=O)C1CCN(c2nc3ccccc3n3c(=O)n(CC(=O)Nc4ccccc4C)nc23)CC1. The van der Waals surface area contributed by atoms with Gasteiger partial charge in [-0.25, -0.2) is 18.9 Å². The van der Waals surface area contributed by atoms with Crippen LogP contribution in [-0.2, 0) is 20.9 Å². The number of hydrogen-bond donors (Lipinski definition) is 1. The van der Waals surface area contributed by atoms with Crippen molar-refractivity contribution < 1.29 is 14.3 Å². The molecule has 1 fully saturated rings. The minimum Gasteiger partial charge on any atom is -0.466 e. The molecule has 5 rings (SSSR count). The first kappa shape index (κ1) is 23.5. The number of esters is 1. The van der Waals surface area contributed by atoms with Crippen LogP contribution in [0.2, 0.25) is 0 Å². The molecule has 0 unspecified atom stereocenters. The number of hydrogen-bond acceptors (Lipinski definition) is 7. The van der Waals surface area contributed by atoms with Gasteiger partial charge in [-0.3, -0.25) is 9.59 Å². The van der Waals surface area contributed by atoms with E-state index in [0.29, 0.717) is 60.7 Å². The third-order valence-electron chi connectivity index (χ3n) is 6.52. The predicted molar refractivity (Wildman–Crippen MR) is 136 cm³/mol. The molecule has 0 aliphatic carbocycles. The zero-order chi connectivity index (χ0) is 25.2. The number of nitrogens with zero attached hydrogens (tertiary/aromatic N) is 5. The Balaban J connectivity index is 1.48. The molecule has 0 spiro atoms. The monoisotopic (exact) mass is 488 g/mol. The Labute approximate surface area is 207 Å². The quantitative estimate of drug-likeness (QED) is 0.416. The van der Waals surface area contributed by atoms with Crippen molar-refractivity contribution in [2.75, 3.05) is 29.9 Å². The second-order valence-electron chi connectivity index (χ2n) is 8.90. The summed E-state index contributed by atoms with van der Waals surface area (Å²) in [5.74, 6) is -0.105. The smallest absolute Gasteiger partial charge is 0.351 e. The van der Waals surface area contributed by atoms with Crippen LogP contribution in [0.15, 0.2) is 53.3 Å². The van der Waals surface area contributed by atoms with Gasteiger partial charge in [-0.15, -0.1) is 5.10 Å². The predicted octanol–water partition coefficient (Wildman–Crippen LogP) is 2.77. The van der Waals surface area contributed by atoms with Crippen LogP contribution in [0.3, 0.4) is 0 Å². The lowest BCUT2D eigenvalue weighted by Gasteiger charge is -2.31. The van der Waals surface area contributed by atoms with E-state index in [-0.39, 0.29) is 24.3 Å². The van der Waals surface area contributed by atoms with Gasteiger partial charge in [0.1, 0.15) is 6.54 Å². The molecule has 3 heterocycles. The van der Waals surface area contributed by atoms with Gasteiger partial charge in [0.05, 0.1) is 23.6 Å². The van der Waals surface area contributed by atoms with Gasteiger partial charge in [0, 0.05) is 18.8 Å². The fourth-order valence-electron chi connectivity index (χ4n) is 4.62. The van der Waals surface area contributed by atoms with Gasteiger partial charge in [0.15, 0.2) is 5.82 Å². The Kier molecular flexibility index (Phi) is 6.41. The lowest BCUT2D eigenvalue weighted by molar-refractivity contribution is -0.148. The summed E-state index contributed by atoms with van der Waals surface area (Å²) in [6.07, 6.45) is 1.26. The van der Waals surface area contributed by atoms with Gasteiger partial charge in [-0.05, 0) is 50.5 Å². The van der Waals surface area contributed by atoms with Crippen molar-refractivity contribution >= 4 is 40.1 Å². The molecular weight excluding hydrogens is 460 g/mol. The summed E-state index contributed by atoms with van der Waals surface area (Å²) >= 11 is 0. The van der Waals surface area contributed by atoms with Crippen LogP contribution in [-0.4, -0.2) is 50.7 Å². The van der Waals surface area contributed by atoms with Gasteiger partial charge < -0.3 is 15.0 Å². The third kappa shape index (κ3) is 4.41. The number of carbonyl (C=O) groups is 2. The summed E-state index contributed by atoms with van der Waals surface area (Å²) in [6.45, 7) is 5.01. The molecule has 1 N–H and O–H groups in total. The van der Waals surface area contributed by atoms with Crippen molar-refractivity contribution in [2.45, 2.75) is 33.2 Å². The van der Waals surface area contributed by atoms with Gasteiger partial charge in [0.2, 0.25) is 11.6 Å². The van der Waals surface area contributed by atoms with Crippen LogP contribution < -0.4 is 15.9 Å². The second-order valence-corrected chi connectivity index (χ2v) is 8.90. The van der Waals surface area contributed by atoms with E-state index in [0.717, 1.165) is 5.56 Å². The molecule has 36 heavy (non-hydrogen) atoms. The maximum Gasteiger partial charge on any atom is 0.351 e. The lowest BCUT2D eigenvalue weighted by Crippen LogP contribution is -2.37. The molecule has 0 atom stereocenters. The maximum absolute atomic E-state index is 13.4. The first-order valence-electron chi connectivity index (χ1n) is 12.1. The number of anilines is 2. The highest BCUT2D eigenvalue weighted by Crippen LogP contribution is 2.27. The molecule has 1 amide bonds. The summed E-state index contributed by atoms with van der Waals surface area (Å²) in [6, 6.07) is 14.8. The number of ether oxygens (including phenoxy) is 1. The number of rotatable bonds is 6. The molecule has 10 heteroatoms. The van der Waals surface area contributed by atoms with E-state index in [4.69, 9.17) is 9.72 Å².